The summed E-state index contributed by atoms with van der Waals surface area (Å²) in [6, 6.07) is 14.3. The summed E-state index contributed by atoms with van der Waals surface area (Å²) in [5.41, 5.74) is 3.41. The van der Waals surface area contributed by atoms with Gasteiger partial charge >= 0.3 is 0 Å². The number of hydrogen-bond acceptors (Lipinski definition) is 6. The van der Waals surface area contributed by atoms with E-state index in [-0.39, 0.29) is 17.5 Å². The number of rotatable bonds is 8. The first kappa shape index (κ1) is 22.4. The van der Waals surface area contributed by atoms with Crippen LogP contribution in [0.15, 0.2) is 53.3 Å². The molecule has 1 aliphatic heterocycles. The number of para-hydroxylation sites is 1. The molecule has 1 unspecified atom stereocenters. The molecular formula is C25H27FN6O2. The molecule has 4 aromatic rings. The van der Waals surface area contributed by atoms with E-state index in [1.165, 1.54) is 12.1 Å². The minimum absolute atomic E-state index is 0.0926. The van der Waals surface area contributed by atoms with Gasteiger partial charge in [0.2, 0.25) is 0 Å². The van der Waals surface area contributed by atoms with Gasteiger partial charge in [-0.1, -0.05) is 30.3 Å². The number of aryl methyl sites for hydroxylation is 1. The number of ether oxygens (including phenoxy) is 1. The van der Waals surface area contributed by atoms with Crippen LogP contribution in [0.3, 0.4) is 0 Å². The molecule has 0 aliphatic carbocycles. The fraction of sp³-hybridized carbons (Fsp3) is 0.360. The molecule has 1 N–H and O–H groups in total. The summed E-state index contributed by atoms with van der Waals surface area (Å²) < 4.78 is 20.9. The second-order valence-corrected chi connectivity index (χ2v) is 8.85. The third-order valence-corrected chi connectivity index (χ3v) is 6.26. The Morgan fingerprint density at radius 1 is 1.21 bits per heavy atom. The molecule has 0 radical (unpaired) electrons. The molecule has 2 aromatic carbocycles. The van der Waals surface area contributed by atoms with Crippen molar-refractivity contribution in [3.8, 4) is 0 Å². The maximum Gasteiger partial charge on any atom is 0.252 e. The molecule has 1 saturated heterocycles. The Balaban J connectivity index is 1.40. The van der Waals surface area contributed by atoms with Crippen LogP contribution < -0.4 is 5.56 Å². The Kier molecular flexibility index (Phi) is 6.46. The smallest absolute Gasteiger partial charge is 0.252 e. The van der Waals surface area contributed by atoms with E-state index < -0.39 is 0 Å². The first-order valence-electron chi connectivity index (χ1n) is 11.5. The number of aromatic amines is 1. The average molecular weight is 463 g/mol. The predicted molar refractivity (Wildman–Crippen MR) is 126 cm³/mol. The van der Waals surface area contributed by atoms with Gasteiger partial charge in [-0.25, -0.2) is 9.07 Å². The van der Waals surface area contributed by atoms with Gasteiger partial charge in [-0.15, -0.1) is 5.10 Å². The molecule has 8 nitrogen and oxygen atoms in total. The van der Waals surface area contributed by atoms with E-state index in [1.54, 1.807) is 16.8 Å². The second-order valence-electron chi connectivity index (χ2n) is 8.85. The molecule has 3 heterocycles. The zero-order valence-corrected chi connectivity index (χ0v) is 19.1. The Morgan fingerprint density at radius 3 is 2.85 bits per heavy atom. The van der Waals surface area contributed by atoms with Crippen molar-refractivity contribution in [1.82, 2.24) is 30.1 Å². The van der Waals surface area contributed by atoms with Crippen molar-refractivity contribution >= 4 is 10.9 Å². The van der Waals surface area contributed by atoms with Crippen LogP contribution in [0.25, 0.3) is 10.9 Å². The van der Waals surface area contributed by atoms with Crippen molar-refractivity contribution in [2.75, 3.05) is 13.2 Å². The van der Waals surface area contributed by atoms with E-state index in [0.717, 1.165) is 41.5 Å². The quantitative estimate of drug-likeness (QED) is 0.433. The highest BCUT2D eigenvalue weighted by molar-refractivity contribution is 5.81. The number of H-pyrrole nitrogens is 1. The molecule has 9 heteroatoms. The van der Waals surface area contributed by atoms with Crippen LogP contribution in [0.2, 0.25) is 0 Å². The number of pyridine rings is 1. The normalized spacial score (nSPS) is 16.0. The van der Waals surface area contributed by atoms with Crippen molar-refractivity contribution in [2.24, 2.45) is 0 Å². The Morgan fingerprint density at radius 2 is 2.06 bits per heavy atom. The van der Waals surface area contributed by atoms with Gasteiger partial charge in [0.15, 0.2) is 5.82 Å². The number of tetrazole rings is 1. The van der Waals surface area contributed by atoms with Gasteiger partial charge in [-0.05, 0) is 64.9 Å². The molecule has 0 spiro atoms. The predicted octanol–water partition coefficient (Wildman–Crippen LogP) is 3.19. The summed E-state index contributed by atoms with van der Waals surface area (Å²) in [4.78, 5) is 18.1. The van der Waals surface area contributed by atoms with E-state index in [0.29, 0.717) is 37.6 Å². The lowest BCUT2D eigenvalue weighted by Gasteiger charge is -2.24. The maximum atomic E-state index is 13.3. The van der Waals surface area contributed by atoms with Crippen LogP contribution in [0.1, 0.15) is 35.4 Å². The zero-order valence-electron chi connectivity index (χ0n) is 19.1. The van der Waals surface area contributed by atoms with Crippen molar-refractivity contribution in [3.05, 3.63) is 87.2 Å². The molecule has 1 fully saturated rings. The minimum Gasteiger partial charge on any atom is -0.377 e. The van der Waals surface area contributed by atoms with Gasteiger partial charge in [-0.2, -0.15) is 0 Å². The van der Waals surface area contributed by atoms with Crippen LogP contribution in [-0.4, -0.2) is 49.3 Å². The van der Waals surface area contributed by atoms with E-state index in [2.05, 4.69) is 25.4 Å². The highest BCUT2D eigenvalue weighted by Gasteiger charge is 2.22. The molecule has 5 rings (SSSR count). The minimum atomic E-state index is -0.278. The van der Waals surface area contributed by atoms with Gasteiger partial charge in [0, 0.05) is 25.3 Å². The highest BCUT2D eigenvalue weighted by Crippen LogP contribution is 2.19. The Labute approximate surface area is 196 Å². The monoisotopic (exact) mass is 462 g/mol. The van der Waals surface area contributed by atoms with Gasteiger partial charge in [0.05, 0.1) is 24.7 Å². The SMILES string of the molecule is Cc1cccc2cc(CN(Cc3nnnn3Cc3ccc(F)cc3)CC3CCCO3)c(=O)[nH]c12. The largest absolute Gasteiger partial charge is 0.377 e. The Hall–Kier alpha value is -3.43. The molecule has 1 atom stereocenters. The van der Waals surface area contributed by atoms with Crippen LogP contribution in [0.4, 0.5) is 4.39 Å². The fourth-order valence-corrected chi connectivity index (χ4v) is 4.47. The highest BCUT2D eigenvalue weighted by atomic mass is 19.1. The summed E-state index contributed by atoms with van der Waals surface area (Å²) in [5.74, 6) is 0.398. The lowest BCUT2D eigenvalue weighted by molar-refractivity contribution is 0.0663. The molecule has 0 bridgehead atoms. The first-order chi connectivity index (χ1) is 16.5. The number of nitrogens with one attached hydrogen (secondary N) is 1. The van der Waals surface area contributed by atoms with E-state index in [1.807, 2.05) is 31.2 Å². The van der Waals surface area contributed by atoms with Gasteiger partial charge in [-0.3, -0.25) is 9.69 Å². The van der Waals surface area contributed by atoms with Crippen LogP contribution >= 0.6 is 0 Å². The summed E-state index contributed by atoms with van der Waals surface area (Å²) >= 11 is 0. The maximum absolute atomic E-state index is 13.3. The molecule has 2 aromatic heterocycles. The van der Waals surface area contributed by atoms with Crippen molar-refractivity contribution in [1.29, 1.82) is 0 Å². The molecule has 176 valence electrons. The number of hydrogen-bond donors (Lipinski definition) is 1. The number of halogens is 1. The molecular weight excluding hydrogens is 435 g/mol. The van der Waals surface area contributed by atoms with Crippen LogP contribution in [-0.2, 0) is 24.4 Å². The molecule has 34 heavy (non-hydrogen) atoms. The molecule has 0 amide bonds. The first-order valence-corrected chi connectivity index (χ1v) is 11.5. The van der Waals surface area contributed by atoms with Gasteiger partial charge in [0.1, 0.15) is 5.82 Å². The lowest BCUT2D eigenvalue weighted by atomic mass is 10.1. The summed E-state index contributed by atoms with van der Waals surface area (Å²) in [6.45, 7) is 4.77. The second kappa shape index (κ2) is 9.82. The number of aromatic nitrogens is 5. The summed E-state index contributed by atoms with van der Waals surface area (Å²) in [5, 5.41) is 13.2. The zero-order chi connectivity index (χ0) is 23.5. The van der Waals surface area contributed by atoms with Crippen molar-refractivity contribution in [2.45, 2.75) is 45.5 Å². The van der Waals surface area contributed by atoms with E-state index in [9.17, 15) is 9.18 Å². The molecule has 0 saturated carbocycles. The third kappa shape index (κ3) is 5.05. The number of fused-ring (bicyclic) bond motifs is 1. The van der Waals surface area contributed by atoms with E-state index >= 15 is 0 Å². The summed E-state index contributed by atoms with van der Waals surface area (Å²) in [7, 11) is 0. The van der Waals surface area contributed by atoms with Gasteiger partial charge in [0.25, 0.3) is 5.56 Å². The van der Waals surface area contributed by atoms with Crippen molar-refractivity contribution in [3.63, 3.8) is 0 Å². The van der Waals surface area contributed by atoms with Crippen LogP contribution in [0, 0.1) is 12.7 Å². The Bertz CT molecular complexity index is 1330. The average Bonchev–Trinajstić information content (AvgIpc) is 3.49. The van der Waals surface area contributed by atoms with E-state index in [4.69, 9.17) is 4.74 Å². The third-order valence-electron chi connectivity index (χ3n) is 6.26. The molecule has 1 aliphatic rings. The number of benzene rings is 2. The lowest BCUT2D eigenvalue weighted by Crippen LogP contribution is -2.34. The number of nitrogens with zero attached hydrogens (tertiary/aromatic N) is 5. The van der Waals surface area contributed by atoms with Gasteiger partial charge < -0.3 is 9.72 Å². The standard InChI is InChI=1S/C25H27FN6O2/c1-17-4-2-5-19-12-20(25(33)27-24(17)19)14-31(15-22-6-3-11-34-22)16-23-28-29-30-32(23)13-18-7-9-21(26)10-8-18/h2,4-5,7-10,12,22H,3,6,11,13-16H2,1H3,(H,27,33). The fourth-order valence-electron chi connectivity index (χ4n) is 4.47. The van der Waals surface area contributed by atoms with Crippen molar-refractivity contribution < 1.29 is 9.13 Å². The topological polar surface area (TPSA) is 88.9 Å². The van der Waals surface area contributed by atoms with Crippen LogP contribution in [0.5, 0.6) is 0 Å². The summed E-state index contributed by atoms with van der Waals surface area (Å²) in [6.07, 6.45) is 2.14.